The Morgan fingerprint density at radius 3 is 2.50 bits per heavy atom. The first-order valence-corrected chi connectivity index (χ1v) is 4.52. The van der Waals surface area contributed by atoms with Gasteiger partial charge in [0.1, 0.15) is 6.10 Å². The average Bonchev–Trinajstić information content (AvgIpc) is 2.19. The predicted molar refractivity (Wildman–Crippen MR) is 53.0 cm³/mol. The Labute approximate surface area is 91.1 Å². The zero-order valence-corrected chi connectivity index (χ0v) is 8.50. The molecule has 0 aliphatic carbocycles. The largest absolute Gasteiger partial charge is 0.384 e. The van der Waals surface area contributed by atoms with Gasteiger partial charge < -0.3 is 10.2 Å². The van der Waals surface area contributed by atoms with Gasteiger partial charge in [-0.2, -0.15) is 5.26 Å². The summed E-state index contributed by atoms with van der Waals surface area (Å²) in [5.74, 6) is 0. The molecular weight excluding hydrogens is 225 g/mol. The van der Waals surface area contributed by atoms with E-state index >= 15 is 0 Å². The van der Waals surface area contributed by atoms with Crippen LogP contribution in [0.15, 0.2) is 18.2 Å². The minimum atomic E-state index is -1.51. The summed E-state index contributed by atoms with van der Waals surface area (Å²) in [6, 6.07) is 5.97. The lowest BCUT2D eigenvalue weighted by molar-refractivity contribution is 0.0529. The lowest BCUT2D eigenvalue weighted by Gasteiger charge is -2.13. The molecule has 0 aromatic heterocycles. The highest BCUT2D eigenvalue weighted by Gasteiger charge is 2.20. The first-order valence-electron chi connectivity index (χ1n) is 3.77. The van der Waals surface area contributed by atoms with Gasteiger partial charge in [-0.05, 0) is 18.2 Å². The maximum absolute atomic E-state index is 9.48. The van der Waals surface area contributed by atoms with Gasteiger partial charge >= 0.3 is 0 Å². The Hall–Kier alpha value is -0.790. The van der Waals surface area contributed by atoms with Crippen LogP contribution in [0.2, 0.25) is 10.0 Å². The minimum Gasteiger partial charge on any atom is -0.384 e. The van der Waals surface area contributed by atoms with Gasteiger partial charge in [0, 0.05) is 15.6 Å². The molecule has 0 aliphatic rings. The normalized spacial score (nSPS) is 14.5. The van der Waals surface area contributed by atoms with Crippen LogP contribution in [0.3, 0.4) is 0 Å². The van der Waals surface area contributed by atoms with Crippen molar-refractivity contribution in [3.05, 3.63) is 33.8 Å². The van der Waals surface area contributed by atoms with Crippen molar-refractivity contribution in [2.24, 2.45) is 0 Å². The summed E-state index contributed by atoms with van der Waals surface area (Å²) >= 11 is 11.4. The molecule has 5 heteroatoms. The third-order valence-corrected chi connectivity index (χ3v) is 2.29. The molecule has 0 spiro atoms. The lowest BCUT2D eigenvalue weighted by Crippen LogP contribution is -2.16. The maximum atomic E-state index is 9.48. The second-order valence-corrected chi connectivity index (χ2v) is 3.53. The van der Waals surface area contributed by atoms with Crippen LogP contribution in [0.5, 0.6) is 0 Å². The topological polar surface area (TPSA) is 64.2 Å². The van der Waals surface area contributed by atoms with E-state index in [4.69, 9.17) is 33.6 Å². The van der Waals surface area contributed by atoms with Gasteiger partial charge in [0.05, 0.1) is 6.07 Å². The Bertz CT molecular complexity index is 376. The summed E-state index contributed by atoms with van der Waals surface area (Å²) in [6.45, 7) is 0. The van der Waals surface area contributed by atoms with Crippen molar-refractivity contribution in [3.63, 3.8) is 0 Å². The van der Waals surface area contributed by atoms with Crippen LogP contribution >= 0.6 is 23.2 Å². The molecule has 1 rings (SSSR count). The summed E-state index contributed by atoms with van der Waals surface area (Å²) in [4.78, 5) is 0. The summed E-state index contributed by atoms with van der Waals surface area (Å²) in [5.41, 5.74) is 0.244. The van der Waals surface area contributed by atoms with Crippen molar-refractivity contribution in [2.45, 2.75) is 12.2 Å². The summed E-state index contributed by atoms with van der Waals surface area (Å²) in [6.07, 6.45) is -2.85. The Kier molecular flexibility index (Phi) is 3.73. The lowest BCUT2D eigenvalue weighted by atomic mass is 10.1. The fourth-order valence-electron chi connectivity index (χ4n) is 0.982. The third-order valence-electron chi connectivity index (χ3n) is 1.71. The molecule has 1 aromatic rings. The number of nitrogens with zero attached hydrogens (tertiary/aromatic N) is 1. The number of aliphatic hydroxyl groups is 2. The van der Waals surface area contributed by atoms with Gasteiger partial charge in [0.2, 0.25) is 0 Å². The summed E-state index contributed by atoms with van der Waals surface area (Å²) in [5, 5.41) is 27.6. The van der Waals surface area contributed by atoms with Gasteiger partial charge in [-0.1, -0.05) is 23.2 Å². The average molecular weight is 232 g/mol. The van der Waals surface area contributed by atoms with Crippen molar-refractivity contribution in [1.82, 2.24) is 0 Å². The highest BCUT2D eigenvalue weighted by molar-refractivity contribution is 6.33. The van der Waals surface area contributed by atoms with E-state index in [2.05, 4.69) is 0 Å². The summed E-state index contributed by atoms with van der Waals surface area (Å²) < 4.78 is 0. The number of halogens is 2. The molecule has 0 aliphatic heterocycles. The van der Waals surface area contributed by atoms with Crippen LogP contribution < -0.4 is 0 Å². The van der Waals surface area contributed by atoms with E-state index in [1.807, 2.05) is 0 Å². The Morgan fingerprint density at radius 1 is 1.29 bits per heavy atom. The number of hydrogen-bond donors (Lipinski definition) is 2. The molecule has 74 valence electrons. The molecule has 2 N–H and O–H groups in total. The van der Waals surface area contributed by atoms with Crippen molar-refractivity contribution < 1.29 is 10.2 Å². The van der Waals surface area contributed by atoms with Crippen molar-refractivity contribution >= 4 is 23.2 Å². The van der Waals surface area contributed by atoms with Crippen LogP contribution in [0.1, 0.15) is 11.7 Å². The van der Waals surface area contributed by atoms with Gasteiger partial charge in [-0.3, -0.25) is 0 Å². The second-order valence-electron chi connectivity index (χ2n) is 2.68. The quantitative estimate of drug-likeness (QED) is 0.765. The number of hydrogen-bond acceptors (Lipinski definition) is 3. The Morgan fingerprint density at radius 2 is 1.93 bits per heavy atom. The molecule has 2 atom stereocenters. The fraction of sp³-hybridized carbons (Fsp3) is 0.222. The van der Waals surface area contributed by atoms with Crippen LogP contribution in [-0.4, -0.2) is 16.3 Å². The highest BCUT2D eigenvalue weighted by atomic mass is 35.5. The number of rotatable bonds is 2. The van der Waals surface area contributed by atoms with Crippen LogP contribution in [-0.2, 0) is 0 Å². The number of aliphatic hydroxyl groups excluding tert-OH is 2. The van der Waals surface area contributed by atoms with E-state index in [1.165, 1.54) is 18.2 Å². The molecular formula is C9H7Cl2NO2. The fourth-order valence-corrected chi connectivity index (χ4v) is 1.39. The van der Waals surface area contributed by atoms with Crippen molar-refractivity contribution in [1.29, 1.82) is 5.26 Å². The van der Waals surface area contributed by atoms with E-state index < -0.39 is 12.2 Å². The number of nitriles is 1. The molecule has 14 heavy (non-hydrogen) atoms. The van der Waals surface area contributed by atoms with Crippen LogP contribution in [0.25, 0.3) is 0 Å². The molecule has 3 nitrogen and oxygen atoms in total. The van der Waals surface area contributed by atoms with Gasteiger partial charge in [0.15, 0.2) is 6.10 Å². The smallest absolute Gasteiger partial charge is 0.170 e. The van der Waals surface area contributed by atoms with Crippen LogP contribution in [0, 0.1) is 11.3 Å². The second kappa shape index (κ2) is 4.63. The van der Waals surface area contributed by atoms with Crippen molar-refractivity contribution in [3.8, 4) is 6.07 Å². The Balaban J connectivity index is 3.07. The molecule has 1 aromatic carbocycles. The van der Waals surface area contributed by atoms with Gasteiger partial charge in [-0.15, -0.1) is 0 Å². The molecule has 0 fully saturated rings. The van der Waals surface area contributed by atoms with E-state index in [-0.39, 0.29) is 10.6 Å². The van der Waals surface area contributed by atoms with E-state index in [0.717, 1.165) is 0 Å². The molecule has 2 unspecified atom stereocenters. The molecule has 0 saturated carbocycles. The SMILES string of the molecule is N#CC(O)C(O)c1cc(Cl)ccc1Cl. The monoisotopic (exact) mass is 231 g/mol. The molecule has 0 heterocycles. The highest BCUT2D eigenvalue weighted by Crippen LogP contribution is 2.27. The first kappa shape index (κ1) is 11.3. The van der Waals surface area contributed by atoms with Crippen molar-refractivity contribution in [2.75, 3.05) is 0 Å². The van der Waals surface area contributed by atoms with Gasteiger partial charge in [-0.25, -0.2) is 0 Å². The predicted octanol–water partition coefficient (Wildman–Crippen LogP) is 1.91. The molecule has 0 radical (unpaired) electrons. The molecule has 0 bridgehead atoms. The summed E-state index contributed by atoms with van der Waals surface area (Å²) in [7, 11) is 0. The zero-order chi connectivity index (χ0) is 10.7. The van der Waals surface area contributed by atoms with E-state index in [0.29, 0.717) is 5.02 Å². The third kappa shape index (κ3) is 2.37. The number of benzene rings is 1. The first-order chi connectivity index (χ1) is 6.56. The maximum Gasteiger partial charge on any atom is 0.170 e. The zero-order valence-electron chi connectivity index (χ0n) is 6.98. The van der Waals surface area contributed by atoms with E-state index in [9.17, 15) is 5.11 Å². The standard InChI is InChI=1S/C9H7Cl2NO2/c10-5-1-2-7(11)6(3-5)9(14)8(13)4-12/h1-3,8-9,13-14H. The van der Waals surface area contributed by atoms with Gasteiger partial charge in [0.25, 0.3) is 0 Å². The minimum absolute atomic E-state index is 0.244. The molecule has 0 saturated heterocycles. The van der Waals surface area contributed by atoms with Crippen LogP contribution in [0.4, 0.5) is 0 Å². The molecule has 0 amide bonds. The van der Waals surface area contributed by atoms with E-state index in [1.54, 1.807) is 6.07 Å².